The van der Waals surface area contributed by atoms with Crippen LogP contribution >= 0.6 is 22.9 Å². The molecule has 0 bridgehead atoms. The lowest BCUT2D eigenvalue weighted by atomic mass is 10.1. The van der Waals surface area contributed by atoms with E-state index in [1.165, 1.54) is 6.20 Å². The summed E-state index contributed by atoms with van der Waals surface area (Å²) in [5.41, 5.74) is 2.00. The summed E-state index contributed by atoms with van der Waals surface area (Å²) in [5.74, 6) is 0.620. The molecule has 6 nitrogen and oxygen atoms in total. The number of benzene rings is 2. The van der Waals surface area contributed by atoms with E-state index in [4.69, 9.17) is 21.5 Å². The van der Waals surface area contributed by atoms with Gasteiger partial charge in [-0.15, -0.1) is 0 Å². The van der Waals surface area contributed by atoms with Gasteiger partial charge < -0.3 is 10.1 Å². The highest BCUT2D eigenvalue weighted by molar-refractivity contribution is 7.91. The molecular weight excluding hydrogens is 394 g/mol. The number of nitrogens with one attached hydrogen (secondary N) is 1. The summed E-state index contributed by atoms with van der Waals surface area (Å²) < 4.78 is 28.4. The number of anilines is 1. The maximum Gasteiger partial charge on any atom is 0.249 e. The number of primary sulfonamides is 1. The van der Waals surface area contributed by atoms with Gasteiger partial charge in [0.25, 0.3) is 0 Å². The van der Waals surface area contributed by atoms with Crippen molar-refractivity contribution in [3.8, 4) is 5.75 Å². The van der Waals surface area contributed by atoms with Crippen LogP contribution in [0.2, 0.25) is 5.02 Å². The van der Waals surface area contributed by atoms with E-state index in [-0.39, 0.29) is 4.21 Å². The van der Waals surface area contributed by atoms with Crippen LogP contribution in [0.15, 0.2) is 58.9 Å². The van der Waals surface area contributed by atoms with Crippen molar-refractivity contribution in [3.05, 3.63) is 70.9 Å². The zero-order chi connectivity index (χ0) is 18.6. The van der Waals surface area contributed by atoms with Gasteiger partial charge in [-0.1, -0.05) is 59.3 Å². The summed E-state index contributed by atoms with van der Waals surface area (Å²) in [4.78, 5) is 4.03. The second-order valence-corrected chi connectivity index (χ2v) is 8.60. The zero-order valence-corrected chi connectivity index (χ0v) is 15.9. The number of hydrogen-bond donors (Lipinski definition) is 2. The smallest absolute Gasteiger partial charge is 0.249 e. The van der Waals surface area contributed by atoms with Crippen molar-refractivity contribution in [3.63, 3.8) is 0 Å². The molecule has 3 aromatic rings. The number of aromatic nitrogens is 1. The number of rotatable bonds is 7. The van der Waals surface area contributed by atoms with Gasteiger partial charge in [0.2, 0.25) is 10.0 Å². The Morgan fingerprint density at radius 1 is 1.12 bits per heavy atom. The molecule has 26 heavy (non-hydrogen) atoms. The first kappa shape index (κ1) is 18.7. The van der Waals surface area contributed by atoms with Gasteiger partial charge in [-0.05, 0) is 23.3 Å². The van der Waals surface area contributed by atoms with Crippen LogP contribution in [0, 0.1) is 0 Å². The molecule has 0 atom stereocenters. The fraction of sp³-hybridized carbons (Fsp3) is 0.118. The van der Waals surface area contributed by atoms with Crippen LogP contribution in [-0.2, 0) is 23.2 Å². The fourth-order valence-electron chi connectivity index (χ4n) is 2.23. The minimum absolute atomic E-state index is 0.0235. The van der Waals surface area contributed by atoms with E-state index in [1.54, 1.807) is 6.07 Å². The number of ether oxygens (including phenoxy) is 1. The molecular formula is C17H16ClN3O3S2. The number of sulfonamides is 1. The molecule has 0 amide bonds. The molecule has 0 fully saturated rings. The maximum atomic E-state index is 11.3. The molecule has 2 aromatic carbocycles. The zero-order valence-electron chi connectivity index (χ0n) is 13.6. The molecule has 0 aliphatic heterocycles. The first-order valence-corrected chi connectivity index (χ1v) is 10.3. The van der Waals surface area contributed by atoms with E-state index >= 15 is 0 Å². The van der Waals surface area contributed by atoms with Gasteiger partial charge in [0.1, 0.15) is 12.4 Å². The van der Waals surface area contributed by atoms with Crippen LogP contribution in [-0.4, -0.2) is 13.4 Å². The standard InChI is InChI=1S/C17H16ClN3O3S2/c18-14-7-3-4-8-15(14)24-11-13-6-2-1-5-12(13)9-20-17-21-10-16(25-17)26(19,22)23/h1-8,10H,9,11H2,(H,20,21)(H2,19,22,23). The van der Waals surface area contributed by atoms with Gasteiger partial charge in [-0.25, -0.2) is 18.5 Å². The van der Waals surface area contributed by atoms with Gasteiger partial charge >= 0.3 is 0 Å². The highest BCUT2D eigenvalue weighted by atomic mass is 35.5. The molecule has 3 rings (SSSR count). The molecule has 0 unspecified atom stereocenters. The van der Waals surface area contributed by atoms with E-state index in [2.05, 4.69) is 10.3 Å². The van der Waals surface area contributed by atoms with Crippen molar-refractivity contribution in [2.45, 2.75) is 17.4 Å². The lowest BCUT2D eigenvalue weighted by Crippen LogP contribution is -2.09. The Kier molecular flexibility index (Phi) is 5.77. The first-order valence-electron chi connectivity index (χ1n) is 7.60. The van der Waals surface area contributed by atoms with Crippen molar-refractivity contribution in [2.24, 2.45) is 5.14 Å². The van der Waals surface area contributed by atoms with Crippen molar-refractivity contribution >= 4 is 38.1 Å². The summed E-state index contributed by atoms with van der Waals surface area (Å²) in [6, 6.07) is 15.1. The third kappa shape index (κ3) is 4.73. The summed E-state index contributed by atoms with van der Waals surface area (Å²) >= 11 is 7.10. The van der Waals surface area contributed by atoms with Crippen LogP contribution in [0.1, 0.15) is 11.1 Å². The highest BCUT2D eigenvalue weighted by Gasteiger charge is 2.13. The Labute approximate surface area is 160 Å². The molecule has 1 aromatic heterocycles. The number of nitrogens with two attached hydrogens (primary N) is 1. The van der Waals surface area contributed by atoms with Gasteiger partial charge in [0.15, 0.2) is 9.34 Å². The lowest BCUT2D eigenvalue weighted by Gasteiger charge is -2.12. The van der Waals surface area contributed by atoms with E-state index in [1.807, 2.05) is 42.5 Å². The third-order valence-corrected chi connectivity index (χ3v) is 6.21. The second kappa shape index (κ2) is 8.05. The molecule has 0 aliphatic carbocycles. The number of nitrogens with zero attached hydrogens (tertiary/aromatic N) is 1. The Hall–Kier alpha value is -2.13. The molecule has 3 N–H and O–H groups in total. The predicted molar refractivity (Wildman–Crippen MR) is 103 cm³/mol. The van der Waals surface area contributed by atoms with E-state index in [0.29, 0.717) is 29.1 Å². The van der Waals surface area contributed by atoms with Gasteiger partial charge in [0, 0.05) is 6.54 Å². The van der Waals surface area contributed by atoms with Gasteiger partial charge in [0.05, 0.1) is 11.2 Å². The summed E-state index contributed by atoms with van der Waals surface area (Å²) in [6.07, 6.45) is 1.24. The Morgan fingerprint density at radius 3 is 2.50 bits per heavy atom. The summed E-state index contributed by atoms with van der Waals surface area (Å²) in [6.45, 7) is 0.835. The highest BCUT2D eigenvalue weighted by Crippen LogP contribution is 2.25. The topological polar surface area (TPSA) is 94.3 Å². The van der Waals surface area contributed by atoms with Crippen LogP contribution < -0.4 is 15.2 Å². The monoisotopic (exact) mass is 409 g/mol. The molecule has 1 heterocycles. The average Bonchev–Trinajstić information content (AvgIpc) is 3.09. The van der Waals surface area contributed by atoms with Crippen molar-refractivity contribution < 1.29 is 13.2 Å². The van der Waals surface area contributed by atoms with Crippen molar-refractivity contribution in [1.82, 2.24) is 4.98 Å². The molecule has 9 heteroatoms. The van der Waals surface area contributed by atoms with Gasteiger partial charge in [-0.3, -0.25) is 0 Å². The molecule has 136 valence electrons. The Bertz CT molecular complexity index is 1010. The molecule has 0 saturated carbocycles. The van der Waals surface area contributed by atoms with Gasteiger partial charge in [-0.2, -0.15) is 0 Å². The van der Waals surface area contributed by atoms with Crippen LogP contribution in [0.25, 0.3) is 0 Å². The summed E-state index contributed by atoms with van der Waals surface area (Å²) in [7, 11) is -3.73. The molecule has 0 spiro atoms. The van der Waals surface area contributed by atoms with Crippen molar-refractivity contribution in [2.75, 3.05) is 5.32 Å². The fourth-order valence-corrected chi connectivity index (χ4v) is 3.87. The van der Waals surface area contributed by atoms with E-state index in [9.17, 15) is 8.42 Å². The number of hydrogen-bond acceptors (Lipinski definition) is 6. The minimum atomic E-state index is -3.73. The van der Waals surface area contributed by atoms with Crippen LogP contribution in [0.4, 0.5) is 5.13 Å². The molecule has 0 saturated heterocycles. The number of thiazole rings is 1. The SMILES string of the molecule is NS(=O)(=O)c1cnc(NCc2ccccc2COc2ccccc2Cl)s1. The summed E-state index contributed by atoms with van der Waals surface area (Å²) in [5, 5.41) is 9.24. The predicted octanol–water partition coefficient (Wildman–Crippen LogP) is 3.64. The average molecular weight is 410 g/mol. The lowest BCUT2D eigenvalue weighted by molar-refractivity contribution is 0.305. The quantitative estimate of drug-likeness (QED) is 0.621. The first-order chi connectivity index (χ1) is 12.4. The van der Waals surface area contributed by atoms with Crippen LogP contribution in [0.5, 0.6) is 5.75 Å². The normalized spacial score (nSPS) is 11.3. The maximum absolute atomic E-state index is 11.3. The minimum Gasteiger partial charge on any atom is -0.487 e. The van der Waals surface area contributed by atoms with Crippen molar-refractivity contribution in [1.29, 1.82) is 0 Å². The third-order valence-electron chi connectivity index (χ3n) is 3.53. The van der Waals surface area contributed by atoms with E-state index < -0.39 is 10.0 Å². The molecule has 0 radical (unpaired) electrons. The number of halogens is 1. The number of para-hydroxylation sites is 1. The van der Waals surface area contributed by atoms with Crippen LogP contribution in [0.3, 0.4) is 0 Å². The largest absolute Gasteiger partial charge is 0.487 e. The Balaban J connectivity index is 1.67. The van der Waals surface area contributed by atoms with E-state index in [0.717, 1.165) is 22.5 Å². The Morgan fingerprint density at radius 2 is 1.81 bits per heavy atom. The molecule has 0 aliphatic rings. The second-order valence-electron chi connectivity index (χ2n) is 5.37.